The highest BCUT2D eigenvalue weighted by Gasteiger charge is 2.27. The highest BCUT2D eigenvalue weighted by molar-refractivity contribution is 6.33. The second-order valence-corrected chi connectivity index (χ2v) is 4.27. The van der Waals surface area contributed by atoms with Crippen LogP contribution in [0, 0.1) is 0 Å². The van der Waals surface area contributed by atoms with Crippen LogP contribution in [0.4, 0.5) is 5.69 Å². The molecule has 0 spiro atoms. The first-order chi connectivity index (χ1) is 8.00. The molecule has 1 aliphatic heterocycles. The largest absolute Gasteiger partial charge is 0.478 e. The Morgan fingerprint density at radius 2 is 2.12 bits per heavy atom. The molecule has 88 valence electrons. The zero-order chi connectivity index (χ0) is 12.6. The van der Waals surface area contributed by atoms with Gasteiger partial charge in [-0.05, 0) is 11.5 Å². The average molecular weight is 231 g/mol. The minimum Gasteiger partial charge on any atom is -0.478 e. The van der Waals surface area contributed by atoms with Crippen molar-refractivity contribution in [2.75, 3.05) is 5.32 Å². The smallest absolute Gasteiger partial charge is 0.329 e. The molecule has 0 saturated carbocycles. The highest BCUT2D eigenvalue weighted by Crippen LogP contribution is 2.37. The van der Waals surface area contributed by atoms with Crippen LogP contribution in [-0.4, -0.2) is 17.0 Å². The van der Waals surface area contributed by atoms with Gasteiger partial charge in [0.25, 0.3) is 5.91 Å². The molecule has 0 radical (unpaired) electrons. The van der Waals surface area contributed by atoms with Gasteiger partial charge in [0.15, 0.2) is 0 Å². The third kappa shape index (κ3) is 1.93. The van der Waals surface area contributed by atoms with Crippen molar-refractivity contribution in [2.45, 2.75) is 19.8 Å². The lowest BCUT2D eigenvalue weighted by atomic mass is 9.97. The van der Waals surface area contributed by atoms with Gasteiger partial charge in [-0.1, -0.05) is 32.0 Å². The molecule has 4 heteroatoms. The molecule has 4 nitrogen and oxygen atoms in total. The number of hydrogen-bond donors (Lipinski definition) is 2. The quantitative estimate of drug-likeness (QED) is 0.767. The maximum absolute atomic E-state index is 11.7. The monoisotopic (exact) mass is 231 g/mol. The van der Waals surface area contributed by atoms with Crippen LogP contribution >= 0.6 is 0 Å². The molecular formula is C13H13NO3. The summed E-state index contributed by atoms with van der Waals surface area (Å²) in [7, 11) is 0. The SMILES string of the molecule is CC(C)c1cccc2c1NC(=O)/C2=C\C(=O)O. The van der Waals surface area contributed by atoms with E-state index in [1.807, 2.05) is 26.0 Å². The Balaban J connectivity index is 2.60. The zero-order valence-electron chi connectivity index (χ0n) is 9.65. The van der Waals surface area contributed by atoms with Crippen molar-refractivity contribution in [3.05, 3.63) is 35.4 Å². The Hall–Kier alpha value is -2.10. The third-order valence-corrected chi connectivity index (χ3v) is 2.76. The van der Waals surface area contributed by atoms with E-state index in [4.69, 9.17) is 5.11 Å². The number of rotatable bonds is 2. The second kappa shape index (κ2) is 4.05. The molecule has 1 amide bonds. The molecule has 1 heterocycles. The summed E-state index contributed by atoms with van der Waals surface area (Å²) in [5, 5.41) is 11.5. The van der Waals surface area contributed by atoms with Crippen molar-refractivity contribution in [3.8, 4) is 0 Å². The van der Waals surface area contributed by atoms with Crippen LogP contribution < -0.4 is 5.32 Å². The summed E-state index contributed by atoms with van der Waals surface area (Å²) in [5.74, 6) is -1.19. The lowest BCUT2D eigenvalue weighted by Crippen LogP contribution is -2.06. The van der Waals surface area contributed by atoms with E-state index in [-0.39, 0.29) is 17.4 Å². The fourth-order valence-corrected chi connectivity index (χ4v) is 1.99. The van der Waals surface area contributed by atoms with Gasteiger partial charge in [0.2, 0.25) is 0 Å². The number of carbonyl (C=O) groups is 2. The number of carboxylic acids is 1. The predicted molar refractivity (Wildman–Crippen MR) is 64.8 cm³/mol. The molecule has 0 unspecified atom stereocenters. The van der Waals surface area contributed by atoms with Gasteiger partial charge in [0.05, 0.1) is 11.3 Å². The number of nitrogens with one attached hydrogen (secondary N) is 1. The van der Waals surface area contributed by atoms with E-state index in [1.165, 1.54) is 0 Å². The van der Waals surface area contributed by atoms with Crippen LogP contribution in [0.5, 0.6) is 0 Å². The Morgan fingerprint density at radius 1 is 1.41 bits per heavy atom. The number of hydrogen-bond acceptors (Lipinski definition) is 2. The maximum atomic E-state index is 11.7. The van der Waals surface area contributed by atoms with Crippen molar-refractivity contribution >= 4 is 23.1 Å². The fraction of sp³-hybridized carbons (Fsp3) is 0.231. The number of fused-ring (bicyclic) bond motifs is 1. The Kier molecular flexibility index (Phi) is 2.71. The van der Waals surface area contributed by atoms with Gasteiger partial charge in [-0.15, -0.1) is 0 Å². The third-order valence-electron chi connectivity index (χ3n) is 2.76. The molecule has 1 aliphatic rings. The van der Waals surface area contributed by atoms with Crippen LogP contribution in [0.15, 0.2) is 24.3 Å². The molecule has 2 N–H and O–H groups in total. The zero-order valence-corrected chi connectivity index (χ0v) is 9.65. The number of amides is 1. The summed E-state index contributed by atoms with van der Waals surface area (Å²) in [6.45, 7) is 4.06. The van der Waals surface area contributed by atoms with Crippen molar-refractivity contribution in [3.63, 3.8) is 0 Å². The summed E-state index contributed by atoms with van der Waals surface area (Å²) < 4.78 is 0. The summed E-state index contributed by atoms with van der Waals surface area (Å²) in [6, 6.07) is 5.53. The molecule has 0 fully saturated rings. The molecule has 0 aromatic heterocycles. The fourth-order valence-electron chi connectivity index (χ4n) is 1.99. The second-order valence-electron chi connectivity index (χ2n) is 4.27. The van der Waals surface area contributed by atoms with Gasteiger partial charge < -0.3 is 10.4 Å². The van der Waals surface area contributed by atoms with E-state index in [9.17, 15) is 9.59 Å². The minimum absolute atomic E-state index is 0.218. The van der Waals surface area contributed by atoms with E-state index < -0.39 is 5.97 Å². The molecule has 1 aromatic carbocycles. The number of carbonyl (C=O) groups excluding carboxylic acids is 1. The standard InChI is InChI=1S/C13H13NO3/c1-7(2)8-4-3-5-9-10(6-11(15)16)13(17)14-12(8)9/h3-7H,1-2H3,(H,14,17)(H,15,16)/b10-6-. The van der Waals surface area contributed by atoms with Crippen molar-refractivity contribution < 1.29 is 14.7 Å². The van der Waals surface area contributed by atoms with Gasteiger partial charge in [-0.25, -0.2) is 4.79 Å². The number of para-hydroxylation sites is 1. The molecular weight excluding hydrogens is 218 g/mol. The predicted octanol–water partition coefficient (Wildman–Crippen LogP) is 2.23. The number of aliphatic carboxylic acids is 1. The summed E-state index contributed by atoms with van der Waals surface area (Å²) in [6.07, 6.45) is 0.950. The summed E-state index contributed by atoms with van der Waals surface area (Å²) in [4.78, 5) is 22.4. The van der Waals surface area contributed by atoms with E-state index in [2.05, 4.69) is 5.32 Å². The Morgan fingerprint density at radius 3 is 2.71 bits per heavy atom. The van der Waals surface area contributed by atoms with Crippen molar-refractivity contribution in [1.29, 1.82) is 0 Å². The molecule has 2 rings (SSSR count). The summed E-state index contributed by atoms with van der Waals surface area (Å²) >= 11 is 0. The van der Waals surface area contributed by atoms with E-state index in [0.29, 0.717) is 5.56 Å². The first kappa shape index (κ1) is 11.4. The number of carboxylic acid groups (broad SMARTS) is 1. The first-order valence-electron chi connectivity index (χ1n) is 5.40. The molecule has 17 heavy (non-hydrogen) atoms. The topological polar surface area (TPSA) is 66.4 Å². The molecule has 1 aromatic rings. The van der Waals surface area contributed by atoms with Crippen molar-refractivity contribution in [1.82, 2.24) is 0 Å². The highest BCUT2D eigenvalue weighted by atomic mass is 16.4. The van der Waals surface area contributed by atoms with Gasteiger partial charge >= 0.3 is 5.97 Å². The van der Waals surface area contributed by atoms with Gasteiger partial charge in [-0.3, -0.25) is 4.79 Å². The van der Waals surface area contributed by atoms with Crippen molar-refractivity contribution in [2.24, 2.45) is 0 Å². The van der Waals surface area contributed by atoms with E-state index >= 15 is 0 Å². The summed E-state index contributed by atoms with van der Waals surface area (Å²) in [5.41, 5.74) is 2.64. The number of anilines is 1. The first-order valence-corrected chi connectivity index (χ1v) is 5.40. The van der Waals surface area contributed by atoms with Gasteiger partial charge in [0, 0.05) is 11.6 Å². The lowest BCUT2D eigenvalue weighted by Gasteiger charge is -2.10. The minimum atomic E-state index is -1.11. The van der Waals surface area contributed by atoms with Gasteiger partial charge in [-0.2, -0.15) is 0 Å². The lowest BCUT2D eigenvalue weighted by molar-refractivity contribution is -0.131. The average Bonchev–Trinajstić information content (AvgIpc) is 2.54. The van der Waals surface area contributed by atoms with E-state index in [0.717, 1.165) is 17.3 Å². The van der Waals surface area contributed by atoms with Crippen LogP contribution in [-0.2, 0) is 9.59 Å². The Labute approximate surface area is 99.0 Å². The maximum Gasteiger partial charge on any atom is 0.329 e. The van der Waals surface area contributed by atoms with Crippen LogP contribution in [0.1, 0.15) is 30.9 Å². The molecule has 0 aliphatic carbocycles. The van der Waals surface area contributed by atoms with Crippen LogP contribution in [0.25, 0.3) is 5.57 Å². The normalized spacial score (nSPS) is 16.2. The molecule has 0 bridgehead atoms. The van der Waals surface area contributed by atoms with Gasteiger partial charge in [0.1, 0.15) is 0 Å². The Bertz CT molecular complexity index is 529. The van der Waals surface area contributed by atoms with Crippen LogP contribution in [0.2, 0.25) is 0 Å². The molecule has 0 atom stereocenters. The van der Waals surface area contributed by atoms with E-state index in [1.54, 1.807) is 6.07 Å². The van der Waals surface area contributed by atoms with Crippen LogP contribution in [0.3, 0.4) is 0 Å². The number of benzene rings is 1. The molecule has 0 saturated heterocycles.